The van der Waals surface area contributed by atoms with Crippen molar-refractivity contribution in [1.82, 2.24) is 4.90 Å². The Morgan fingerprint density at radius 3 is 2.36 bits per heavy atom. The van der Waals surface area contributed by atoms with E-state index in [0.717, 1.165) is 6.29 Å². The fourth-order valence-electron chi connectivity index (χ4n) is 0.807. The zero-order chi connectivity index (χ0) is 10.6. The number of nitrogens with zero attached hydrogens (tertiary/aromatic N) is 1. The molecule has 0 fully saturated rings. The van der Waals surface area contributed by atoms with Crippen molar-refractivity contribution in [3.63, 3.8) is 0 Å². The van der Waals surface area contributed by atoms with Crippen LogP contribution in [0.5, 0.6) is 5.75 Å². The van der Waals surface area contributed by atoms with Crippen molar-refractivity contribution >= 4 is 23.7 Å². The van der Waals surface area contributed by atoms with Gasteiger partial charge in [-0.1, -0.05) is 0 Å². The normalized spacial score (nSPS) is 9.29. The average molecular weight is 209 g/mol. The van der Waals surface area contributed by atoms with E-state index in [2.05, 4.69) is 0 Å². The van der Waals surface area contributed by atoms with E-state index in [1.54, 1.807) is 29.2 Å². The third-order valence-corrected chi connectivity index (χ3v) is 2.03. The summed E-state index contributed by atoms with van der Waals surface area (Å²) in [5, 5.41) is 0.392. The maximum absolute atomic E-state index is 10.4. The predicted molar refractivity (Wildman–Crippen MR) is 58.7 cm³/mol. The summed E-state index contributed by atoms with van der Waals surface area (Å²) >= 11 is 4.96. The molecule has 74 valence electrons. The van der Waals surface area contributed by atoms with E-state index in [1.807, 2.05) is 14.1 Å². The molecule has 0 radical (unpaired) electrons. The van der Waals surface area contributed by atoms with E-state index in [4.69, 9.17) is 17.0 Å². The minimum absolute atomic E-state index is 0.392. The first-order valence-electron chi connectivity index (χ1n) is 4.08. The van der Waals surface area contributed by atoms with Gasteiger partial charge in [-0.15, -0.1) is 0 Å². The lowest BCUT2D eigenvalue weighted by molar-refractivity contribution is 0.112. The molecule has 1 aromatic carbocycles. The summed E-state index contributed by atoms with van der Waals surface area (Å²) in [4.78, 5) is 12.1. The Kier molecular flexibility index (Phi) is 3.59. The minimum atomic E-state index is 0.392. The Bertz CT molecular complexity index is 332. The van der Waals surface area contributed by atoms with E-state index in [1.165, 1.54) is 0 Å². The smallest absolute Gasteiger partial charge is 0.264 e. The molecule has 0 saturated heterocycles. The van der Waals surface area contributed by atoms with Crippen molar-refractivity contribution in [2.24, 2.45) is 0 Å². The minimum Gasteiger partial charge on any atom is -0.432 e. The Morgan fingerprint density at radius 1 is 1.36 bits per heavy atom. The van der Waals surface area contributed by atoms with Gasteiger partial charge in [-0.25, -0.2) is 0 Å². The number of benzene rings is 1. The molecule has 0 spiro atoms. The Balaban J connectivity index is 2.69. The lowest BCUT2D eigenvalue weighted by Crippen LogP contribution is -2.24. The molecule has 0 aliphatic heterocycles. The zero-order valence-corrected chi connectivity index (χ0v) is 8.88. The Hall–Kier alpha value is -1.42. The zero-order valence-electron chi connectivity index (χ0n) is 8.06. The molecule has 14 heavy (non-hydrogen) atoms. The first kappa shape index (κ1) is 10.7. The van der Waals surface area contributed by atoms with Crippen LogP contribution in [0.3, 0.4) is 0 Å². The highest BCUT2D eigenvalue weighted by Gasteiger charge is 2.01. The van der Waals surface area contributed by atoms with Crippen LogP contribution in [0, 0.1) is 0 Å². The number of hydrogen-bond donors (Lipinski definition) is 0. The van der Waals surface area contributed by atoms with Crippen LogP contribution < -0.4 is 4.74 Å². The van der Waals surface area contributed by atoms with Crippen molar-refractivity contribution in [2.45, 2.75) is 0 Å². The number of ether oxygens (including phenoxy) is 1. The summed E-state index contributed by atoms with van der Waals surface area (Å²) in [7, 11) is 3.62. The number of thiocarbonyl (C=S) groups is 1. The predicted octanol–water partition coefficient (Wildman–Crippen LogP) is 1.72. The molecule has 1 rings (SSSR count). The number of carbonyl (C=O) groups excluding carboxylic acids is 1. The summed E-state index contributed by atoms with van der Waals surface area (Å²) in [6.07, 6.45) is 0.786. The van der Waals surface area contributed by atoms with Crippen molar-refractivity contribution in [1.29, 1.82) is 0 Å². The third-order valence-electron chi connectivity index (χ3n) is 1.59. The van der Waals surface area contributed by atoms with E-state index in [0.29, 0.717) is 16.5 Å². The summed E-state index contributed by atoms with van der Waals surface area (Å²) in [6.45, 7) is 0. The summed E-state index contributed by atoms with van der Waals surface area (Å²) in [5.41, 5.74) is 0.619. The largest absolute Gasteiger partial charge is 0.432 e. The quantitative estimate of drug-likeness (QED) is 0.548. The van der Waals surface area contributed by atoms with Crippen LogP contribution in [0.2, 0.25) is 0 Å². The molecule has 0 heterocycles. The van der Waals surface area contributed by atoms with Gasteiger partial charge in [0.05, 0.1) is 0 Å². The molecule has 1 aromatic rings. The molecule has 0 unspecified atom stereocenters. The van der Waals surface area contributed by atoms with Crippen LogP contribution in [-0.2, 0) is 0 Å². The summed E-state index contributed by atoms with van der Waals surface area (Å²) in [5.74, 6) is 0.634. The van der Waals surface area contributed by atoms with Gasteiger partial charge >= 0.3 is 0 Å². The van der Waals surface area contributed by atoms with E-state index < -0.39 is 0 Å². The number of carbonyl (C=O) groups is 1. The summed E-state index contributed by atoms with van der Waals surface area (Å²) in [6, 6.07) is 6.78. The van der Waals surface area contributed by atoms with Crippen LogP contribution in [0.25, 0.3) is 0 Å². The first-order valence-corrected chi connectivity index (χ1v) is 4.48. The van der Waals surface area contributed by atoms with Gasteiger partial charge in [-0.05, 0) is 36.5 Å². The van der Waals surface area contributed by atoms with Gasteiger partial charge in [0.15, 0.2) is 0 Å². The van der Waals surface area contributed by atoms with Crippen molar-refractivity contribution in [2.75, 3.05) is 14.1 Å². The SMILES string of the molecule is CN(C)C(=S)Oc1ccc(C=O)cc1. The molecule has 0 saturated carbocycles. The Morgan fingerprint density at radius 2 is 1.93 bits per heavy atom. The average Bonchev–Trinajstić information content (AvgIpc) is 2.19. The molecule has 0 amide bonds. The lowest BCUT2D eigenvalue weighted by atomic mass is 10.2. The van der Waals surface area contributed by atoms with Crippen LogP contribution >= 0.6 is 12.2 Å². The molecular weight excluding hydrogens is 198 g/mol. The van der Waals surface area contributed by atoms with Crippen LogP contribution in [0.15, 0.2) is 24.3 Å². The van der Waals surface area contributed by atoms with Crippen molar-refractivity contribution in [3.8, 4) is 5.75 Å². The van der Waals surface area contributed by atoms with Gasteiger partial charge in [0.2, 0.25) is 0 Å². The number of aldehydes is 1. The van der Waals surface area contributed by atoms with E-state index >= 15 is 0 Å². The fourth-order valence-corrected chi connectivity index (χ4v) is 0.903. The third kappa shape index (κ3) is 2.81. The van der Waals surface area contributed by atoms with Crippen molar-refractivity contribution in [3.05, 3.63) is 29.8 Å². The van der Waals surface area contributed by atoms with Crippen LogP contribution in [-0.4, -0.2) is 30.5 Å². The maximum atomic E-state index is 10.4. The second kappa shape index (κ2) is 4.72. The van der Waals surface area contributed by atoms with Crippen LogP contribution in [0.4, 0.5) is 0 Å². The fraction of sp³-hybridized carbons (Fsp3) is 0.200. The van der Waals surface area contributed by atoms with E-state index in [-0.39, 0.29) is 0 Å². The summed E-state index contributed by atoms with van der Waals surface area (Å²) < 4.78 is 5.32. The molecule has 0 aliphatic carbocycles. The van der Waals surface area contributed by atoms with E-state index in [9.17, 15) is 4.79 Å². The molecule has 4 heteroatoms. The van der Waals surface area contributed by atoms with Gasteiger partial charge in [0.1, 0.15) is 12.0 Å². The molecule has 0 bridgehead atoms. The topological polar surface area (TPSA) is 29.5 Å². The monoisotopic (exact) mass is 209 g/mol. The highest BCUT2D eigenvalue weighted by Crippen LogP contribution is 2.11. The van der Waals surface area contributed by atoms with Crippen LogP contribution in [0.1, 0.15) is 10.4 Å². The van der Waals surface area contributed by atoms with Gasteiger partial charge in [-0.3, -0.25) is 4.79 Å². The number of rotatable bonds is 2. The molecule has 3 nitrogen and oxygen atoms in total. The molecule has 0 aliphatic rings. The second-order valence-corrected chi connectivity index (χ2v) is 3.30. The molecule has 0 aromatic heterocycles. The molecule has 0 atom stereocenters. The molecule has 0 N–H and O–H groups in total. The van der Waals surface area contributed by atoms with Gasteiger partial charge < -0.3 is 9.64 Å². The van der Waals surface area contributed by atoms with Crippen molar-refractivity contribution < 1.29 is 9.53 Å². The number of hydrogen-bond acceptors (Lipinski definition) is 3. The molecular formula is C10H11NO2S. The highest BCUT2D eigenvalue weighted by atomic mass is 32.1. The maximum Gasteiger partial charge on any atom is 0.264 e. The lowest BCUT2D eigenvalue weighted by Gasteiger charge is -2.13. The Labute approximate surface area is 88.3 Å². The standard InChI is InChI=1S/C10H11NO2S/c1-11(2)10(14)13-9-5-3-8(7-12)4-6-9/h3-7H,1-2H3. The highest BCUT2D eigenvalue weighted by molar-refractivity contribution is 7.80. The first-order chi connectivity index (χ1) is 6.63. The van der Waals surface area contributed by atoms with Gasteiger partial charge in [0.25, 0.3) is 5.17 Å². The second-order valence-electron chi connectivity index (χ2n) is 2.95. The van der Waals surface area contributed by atoms with Gasteiger partial charge in [-0.2, -0.15) is 0 Å². The van der Waals surface area contributed by atoms with Gasteiger partial charge in [0, 0.05) is 19.7 Å².